The Bertz CT molecular complexity index is 600. The predicted molar refractivity (Wildman–Crippen MR) is 68.9 cm³/mol. The second-order valence-corrected chi connectivity index (χ2v) is 4.50. The number of aryl methyl sites for hydroxylation is 2. The molecule has 0 amide bonds. The van der Waals surface area contributed by atoms with Gasteiger partial charge in [-0.3, -0.25) is 4.68 Å². The quantitative estimate of drug-likeness (QED) is 0.902. The van der Waals surface area contributed by atoms with E-state index < -0.39 is 5.97 Å². The Kier molecular flexibility index (Phi) is 3.19. The van der Waals surface area contributed by atoms with Crippen LogP contribution in [0, 0.1) is 20.8 Å². The van der Waals surface area contributed by atoms with Crippen molar-refractivity contribution in [3.8, 4) is 0 Å². The van der Waals surface area contributed by atoms with E-state index in [1.165, 1.54) is 5.56 Å². The van der Waals surface area contributed by atoms with Gasteiger partial charge in [0.25, 0.3) is 0 Å². The summed E-state index contributed by atoms with van der Waals surface area (Å²) in [5, 5.41) is 13.4. The summed E-state index contributed by atoms with van der Waals surface area (Å²) >= 11 is 0. The van der Waals surface area contributed by atoms with Crippen molar-refractivity contribution in [2.75, 3.05) is 0 Å². The van der Waals surface area contributed by atoms with Gasteiger partial charge in [-0.1, -0.05) is 29.8 Å². The minimum Gasteiger partial charge on any atom is -0.478 e. The predicted octanol–water partition coefficient (Wildman–Crippen LogP) is 2.55. The van der Waals surface area contributed by atoms with Crippen LogP contribution in [0.4, 0.5) is 0 Å². The van der Waals surface area contributed by atoms with Crippen LogP contribution < -0.4 is 0 Å². The van der Waals surface area contributed by atoms with Crippen LogP contribution in [0.5, 0.6) is 0 Å². The number of hydrogen-bond acceptors (Lipinski definition) is 2. The molecule has 0 unspecified atom stereocenters. The number of carboxylic acid groups (broad SMARTS) is 1. The van der Waals surface area contributed by atoms with Gasteiger partial charge in [-0.2, -0.15) is 5.10 Å². The molecular weight excluding hydrogens is 228 g/mol. The highest BCUT2D eigenvalue weighted by Gasteiger charge is 2.17. The Hall–Kier alpha value is -2.10. The Morgan fingerprint density at radius 1 is 1.33 bits per heavy atom. The van der Waals surface area contributed by atoms with Crippen LogP contribution in [0.1, 0.15) is 32.9 Å². The lowest BCUT2D eigenvalue weighted by Crippen LogP contribution is -2.06. The highest BCUT2D eigenvalue weighted by atomic mass is 16.4. The van der Waals surface area contributed by atoms with Gasteiger partial charge in [-0.15, -0.1) is 0 Å². The molecule has 0 spiro atoms. The molecule has 4 heteroatoms. The minimum atomic E-state index is -0.916. The molecule has 1 heterocycles. The Balaban J connectivity index is 2.36. The fourth-order valence-electron chi connectivity index (χ4n) is 2.14. The van der Waals surface area contributed by atoms with Crippen molar-refractivity contribution < 1.29 is 9.90 Å². The largest absolute Gasteiger partial charge is 0.478 e. The van der Waals surface area contributed by atoms with Crippen molar-refractivity contribution in [3.63, 3.8) is 0 Å². The topological polar surface area (TPSA) is 55.1 Å². The van der Waals surface area contributed by atoms with Gasteiger partial charge in [-0.25, -0.2) is 4.79 Å². The lowest BCUT2D eigenvalue weighted by atomic mass is 10.1. The maximum Gasteiger partial charge on any atom is 0.339 e. The number of rotatable bonds is 3. The van der Waals surface area contributed by atoms with Gasteiger partial charge in [0.2, 0.25) is 0 Å². The van der Waals surface area contributed by atoms with Gasteiger partial charge in [0.05, 0.1) is 17.9 Å². The molecule has 18 heavy (non-hydrogen) atoms. The van der Waals surface area contributed by atoms with Crippen LogP contribution in [0.3, 0.4) is 0 Å². The van der Waals surface area contributed by atoms with Crippen LogP contribution >= 0.6 is 0 Å². The molecule has 4 nitrogen and oxygen atoms in total. The molecule has 0 fully saturated rings. The van der Waals surface area contributed by atoms with E-state index in [0.717, 1.165) is 5.56 Å². The SMILES string of the molecule is Cc1cccc(Cn2nc(C)c(C(=O)O)c2C)c1. The molecule has 0 bridgehead atoms. The molecule has 0 aliphatic rings. The average molecular weight is 244 g/mol. The molecule has 0 saturated heterocycles. The van der Waals surface area contributed by atoms with E-state index in [1.54, 1.807) is 18.5 Å². The molecule has 0 atom stereocenters. The monoisotopic (exact) mass is 244 g/mol. The maximum absolute atomic E-state index is 11.1. The van der Waals surface area contributed by atoms with E-state index in [1.807, 2.05) is 25.1 Å². The van der Waals surface area contributed by atoms with E-state index in [9.17, 15) is 4.79 Å². The Labute approximate surface area is 106 Å². The maximum atomic E-state index is 11.1. The summed E-state index contributed by atoms with van der Waals surface area (Å²) in [7, 11) is 0. The fourth-order valence-corrected chi connectivity index (χ4v) is 2.14. The third-order valence-electron chi connectivity index (χ3n) is 3.01. The number of carboxylic acids is 1. The van der Waals surface area contributed by atoms with Gasteiger partial charge < -0.3 is 5.11 Å². The first kappa shape index (κ1) is 12.4. The van der Waals surface area contributed by atoms with Crippen LogP contribution in [0.25, 0.3) is 0 Å². The van der Waals surface area contributed by atoms with Crippen molar-refractivity contribution in [3.05, 3.63) is 52.3 Å². The zero-order chi connectivity index (χ0) is 13.3. The Morgan fingerprint density at radius 2 is 2.06 bits per heavy atom. The van der Waals surface area contributed by atoms with E-state index in [2.05, 4.69) is 11.2 Å². The highest BCUT2D eigenvalue weighted by Crippen LogP contribution is 2.15. The fraction of sp³-hybridized carbons (Fsp3) is 0.286. The minimum absolute atomic E-state index is 0.308. The molecular formula is C14H16N2O2. The van der Waals surface area contributed by atoms with Crippen LogP contribution in [0.15, 0.2) is 24.3 Å². The molecule has 0 radical (unpaired) electrons. The summed E-state index contributed by atoms with van der Waals surface area (Å²) in [6.07, 6.45) is 0. The van der Waals surface area contributed by atoms with Gasteiger partial charge in [0.15, 0.2) is 0 Å². The number of aromatic carboxylic acids is 1. The molecule has 0 saturated carbocycles. The number of aromatic nitrogens is 2. The van der Waals surface area contributed by atoms with E-state index in [4.69, 9.17) is 5.11 Å². The lowest BCUT2D eigenvalue weighted by molar-refractivity contribution is 0.0695. The zero-order valence-electron chi connectivity index (χ0n) is 10.8. The second-order valence-electron chi connectivity index (χ2n) is 4.50. The van der Waals surface area contributed by atoms with E-state index in [-0.39, 0.29) is 0 Å². The number of carbonyl (C=O) groups is 1. The first-order valence-electron chi connectivity index (χ1n) is 5.82. The standard InChI is InChI=1S/C14H16N2O2/c1-9-5-4-6-12(7-9)8-16-11(3)13(14(17)18)10(2)15-16/h4-7H,8H2,1-3H3,(H,17,18). The molecule has 2 rings (SSSR count). The van der Waals surface area contributed by atoms with E-state index >= 15 is 0 Å². The normalized spacial score (nSPS) is 10.6. The molecule has 0 aliphatic carbocycles. The van der Waals surface area contributed by atoms with E-state index in [0.29, 0.717) is 23.5 Å². The third kappa shape index (κ3) is 2.27. The summed E-state index contributed by atoms with van der Waals surface area (Å²) in [5.41, 5.74) is 3.88. The Morgan fingerprint density at radius 3 is 2.61 bits per heavy atom. The lowest BCUT2D eigenvalue weighted by Gasteiger charge is -2.05. The van der Waals surface area contributed by atoms with Crippen molar-refractivity contribution in [1.29, 1.82) is 0 Å². The van der Waals surface area contributed by atoms with Crippen LogP contribution in [-0.4, -0.2) is 20.9 Å². The third-order valence-corrected chi connectivity index (χ3v) is 3.01. The summed E-state index contributed by atoms with van der Waals surface area (Å²) in [6, 6.07) is 8.13. The number of nitrogens with zero attached hydrogens (tertiary/aromatic N) is 2. The van der Waals surface area contributed by atoms with Crippen molar-refractivity contribution in [2.45, 2.75) is 27.3 Å². The molecule has 1 aromatic heterocycles. The van der Waals surface area contributed by atoms with Gasteiger partial charge in [0.1, 0.15) is 5.56 Å². The van der Waals surface area contributed by atoms with Crippen molar-refractivity contribution in [2.24, 2.45) is 0 Å². The summed E-state index contributed by atoms with van der Waals surface area (Å²) in [5.74, 6) is -0.916. The molecule has 2 aromatic rings. The first-order valence-corrected chi connectivity index (χ1v) is 5.82. The molecule has 1 N–H and O–H groups in total. The molecule has 1 aromatic carbocycles. The van der Waals surface area contributed by atoms with Crippen molar-refractivity contribution >= 4 is 5.97 Å². The average Bonchev–Trinajstić information content (AvgIpc) is 2.54. The summed E-state index contributed by atoms with van der Waals surface area (Å²) in [4.78, 5) is 11.1. The number of hydrogen-bond donors (Lipinski definition) is 1. The highest BCUT2D eigenvalue weighted by molar-refractivity contribution is 5.90. The van der Waals surface area contributed by atoms with Crippen molar-refractivity contribution in [1.82, 2.24) is 9.78 Å². The summed E-state index contributed by atoms with van der Waals surface area (Å²) in [6.45, 7) is 6.15. The smallest absolute Gasteiger partial charge is 0.339 e. The number of benzene rings is 1. The molecule has 94 valence electrons. The second kappa shape index (κ2) is 4.64. The van der Waals surface area contributed by atoms with Crippen LogP contribution in [-0.2, 0) is 6.54 Å². The summed E-state index contributed by atoms with van der Waals surface area (Å²) < 4.78 is 1.74. The van der Waals surface area contributed by atoms with Gasteiger partial charge in [-0.05, 0) is 26.3 Å². The van der Waals surface area contributed by atoms with Gasteiger partial charge >= 0.3 is 5.97 Å². The van der Waals surface area contributed by atoms with Crippen LogP contribution in [0.2, 0.25) is 0 Å². The zero-order valence-corrected chi connectivity index (χ0v) is 10.8. The first-order chi connectivity index (χ1) is 8.49. The van der Waals surface area contributed by atoms with Gasteiger partial charge in [0, 0.05) is 0 Å². The molecule has 0 aliphatic heterocycles.